The lowest BCUT2D eigenvalue weighted by Crippen LogP contribution is -2.54. The Hall–Kier alpha value is -3.00. The summed E-state index contributed by atoms with van der Waals surface area (Å²) in [5.41, 5.74) is 4.00. The number of aliphatic carboxylic acids is 1. The van der Waals surface area contributed by atoms with Crippen LogP contribution in [0, 0.1) is 5.92 Å². The first-order valence-corrected chi connectivity index (χ1v) is 13.3. The molecule has 5 rings (SSSR count). The number of benzene rings is 2. The topological polar surface area (TPSA) is 95.9 Å². The minimum absolute atomic E-state index is 0.0230. The van der Waals surface area contributed by atoms with Crippen molar-refractivity contribution in [2.45, 2.75) is 37.1 Å². The second-order valence-electron chi connectivity index (χ2n) is 9.68. The van der Waals surface area contributed by atoms with E-state index in [-0.39, 0.29) is 31.4 Å². The predicted octanol–water partition coefficient (Wildman–Crippen LogP) is 4.11. The average Bonchev–Trinajstić information content (AvgIpc) is 3.47. The predicted molar refractivity (Wildman–Crippen MR) is 134 cm³/mol. The van der Waals surface area contributed by atoms with E-state index in [1.165, 1.54) is 11.1 Å². The Kier molecular flexibility index (Phi) is 6.73. The maximum absolute atomic E-state index is 13.0. The number of alkyl carbamates (subject to hydrolysis) is 1. The molecule has 35 heavy (non-hydrogen) atoms. The van der Waals surface area contributed by atoms with Crippen molar-refractivity contribution in [2.75, 3.05) is 31.2 Å². The summed E-state index contributed by atoms with van der Waals surface area (Å²) in [6.45, 7) is 0.917. The van der Waals surface area contributed by atoms with Crippen LogP contribution in [-0.2, 0) is 14.3 Å². The maximum atomic E-state index is 13.0. The van der Waals surface area contributed by atoms with Crippen LogP contribution >= 0.6 is 11.8 Å². The normalized spacial score (nSPS) is 20.7. The minimum Gasteiger partial charge on any atom is -0.481 e. The number of carbonyl (C=O) groups is 3. The number of fused-ring (bicyclic) bond motifs is 3. The van der Waals surface area contributed by atoms with E-state index in [2.05, 4.69) is 29.6 Å². The van der Waals surface area contributed by atoms with Gasteiger partial charge in [-0.15, -0.1) is 0 Å². The summed E-state index contributed by atoms with van der Waals surface area (Å²) in [6.07, 6.45) is 1.51. The van der Waals surface area contributed by atoms with Gasteiger partial charge in [0, 0.05) is 19.0 Å². The molecule has 2 aliphatic heterocycles. The number of thioether (sulfide) groups is 1. The highest BCUT2D eigenvalue weighted by Gasteiger charge is 2.40. The third-order valence-corrected chi connectivity index (χ3v) is 8.53. The zero-order valence-corrected chi connectivity index (χ0v) is 20.4. The van der Waals surface area contributed by atoms with E-state index < -0.39 is 23.5 Å². The number of carbonyl (C=O) groups excluding carboxylic acids is 2. The van der Waals surface area contributed by atoms with Gasteiger partial charge in [0.25, 0.3) is 0 Å². The number of amides is 2. The van der Waals surface area contributed by atoms with Gasteiger partial charge < -0.3 is 20.1 Å². The monoisotopic (exact) mass is 494 g/mol. The number of hydrogen-bond donors (Lipinski definition) is 2. The van der Waals surface area contributed by atoms with Crippen molar-refractivity contribution in [2.24, 2.45) is 5.92 Å². The molecule has 1 atom stereocenters. The lowest BCUT2D eigenvalue weighted by atomic mass is 9.88. The van der Waals surface area contributed by atoms with Crippen molar-refractivity contribution in [3.63, 3.8) is 0 Å². The molecular weight excluding hydrogens is 464 g/mol. The molecule has 0 spiro atoms. The molecule has 7 nitrogen and oxygen atoms in total. The highest BCUT2D eigenvalue weighted by molar-refractivity contribution is 7.99. The summed E-state index contributed by atoms with van der Waals surface area (Å²) in [6, 6.07) is 16.4. The maximum Gasteiger partial charge on any atom is 0.407 e. The van der Waals surface area contributed by atoms with E-state index >= 15 is 0 Å². The van der Waals surface area contributed by atoms with Crippen molar-refractivity contribution in [3.05, 3.63) is 59.7 Å². The van der Waals surface area contributed by atoms with Gasteiger partial charge in [0.15, 0.2) is 0 Å². The first-order valence-electron chi connectivity index (χ1n) is 12.2. The molecule has 3 aliphatic rings. The van der Waals surface area contributed by atoms with Crippen LogP contribution < -0.4 is 5.32 Å². The largest absolute Gasteiger partial charge is 0.481 e. The molecule has 8 heteroatoms. The summed E-state index contributed by atoms with van der Waals surface area (Å²) < 4.78 is 5.76. The molecule has 1 aliphatic carbocycles. The van der Waals surface area contributed by atoms with Gasteiger partial charge in [-0.25, -0.2) is 4.79 Å². The van der Waals surface area contributed by atoms with Crippen LogP contribution in [0.25, 0.3) is 11.1 Å². The van der Waals surface area contributed by atoms with Crippen molar-refractivity contribution in [3.8, 4) is 11.1 Å². The fourth-order valence-electron chi connectivity index (χ4n) is 5.55. The molecule has 2 aromatic rings. The fraction of sp³-hybridized carbons (Fsp3) is 0.444. The SMILES string of the molecule is O=C(NC1(CC(=O)N2CCC(C(=O)O)C2)CCSCC1)OCC1c2ccccc2-c2ccccc21. The molecule has 0 bridgehead atoms. The molecule has 0 radical (unpaired) electrons. The lowest BCUT2D eigenvalue weighted by molar-refractivity contribution is -0.141. The van der Waals surface area contributed by atoms with Crippen molar-refractivity contribution in [1.29, 1.82) is 0 Å². The zero-order chi connectivity index (χ0) is 24.4. The number of carboxylic acids is 1. The summed E-state index contributed by atoms with van der Waals surface area (Å²) in [5, 5.41) is 12.3. The van der Waals surface area contributed by atoms with Gasteiger partial charge in [0.1, 0.15) is 6.61 Å². The van der Waals surface area contributed by atoms with E-state index in [9.17, 15) is 19.5 Å². The Balaban J connectivity index is 1.24. The summed E-state index contributed by atoms with van der Waals surface area (Å²) in [7, 11) is 0. The van der Waals surface area contributed by atoms with Crippen molar-refractivity contribution >= 4 is 29.7 Å². The number of hydrogen-bond acceptors (Lipinski definition) is 5. The average molecular weight is 495 g/mol. The molecule has 2 saturated heterocycles. The van der Waals surface area contributed by atoms with Crippen LogP contribution in [0.3, 0.4) is 0 Å². The molecule has 0 aromatic heterocycles. The summed E-state index contributed by atoms with van der Waals surface area (Å²) in [4.78, 5) is 39.0. The smallest absolute Gasteiger partial charge is 0.407 e. The molecule has 2 heterocycles. The number of nitrogens with one attached hydrogen (secondary N) is 1. The Morgan fingerprint density at radius 3 is 2.26 bits per heavy atom. The van der Waals surface area contributed by atoms with Gasteiger partial charge >= 0.3 is 12.1 Å². The Morgan fingerprint density at radius 2 is 1.66 bits per heavy atom. The van der Waals surface area contributed by atoms with E-state index in [0.29, 0.717) is 25.8 Å². The Labute approximate surface area is 209 Å². The fourth-order valence-corrected chi connectivity index (χ4v) is 6.82. The molecular formula is C27H30N2O5S. The van der Waals surface area contributed by atoms with Crippen LogP contribution in [0.1, 0.15) is 42.7 Å². The highest BCUT2D eigenvalue weighted by atomic mass is 32.2. The molecule has 2 fully saturated rings. The van der Waals surface area contributed by atoms with Crippen LogP contribution in [0.4, 0.5) is 4.79 Å². The standard InChI is InChI=1S/C27H30N2O5S/c30-24(29-12-9-18(16-29)25(31)32)15-27(10-13-35-14-11-27)28-26(33)34-17-23-21-7-3-1-5-19(21)20-6-2-4-8-22(20)23/h1-8,18,23H,9-17H2,(H,28,33)(H,31,32). The third-order valence-electron chi connectivity index (χ3n) is 7.54. The molecule has 0 saturated carbocycles. The second kappa shape index (κ2) is 9.93. The molecule has 1 unspecified atom stereocenters. The van der Waals surface area contributed by atoms with Crippen LogP contribution in [0.15, 0.2) is 48.5 Å². The van der Waals surface area contributed by atoms with E-state index in [1.807, 2.05) is 36.0 Å². The number of ether oxygens (including phenoxy) is 1. The third kappa shape index (κ3) is 4.89. The summed E-state index contributed by atoms with van der Waals surface area (Å²) >= 11 is 1.81. The molecule has 2 amide bonds. The van der Waals surface area contributed by atoms with Gasteiger partial charge in [-0.2, -0.15) is 11.8 Å². The van der Waals surface area contributed by atoms with E-state index in [0.717, 1.165) is 22.6 Å². The highest BCUT2D eigenvalue weighted by Crippen LogP contribution is 2.44. The van der Waals surface area contributed by atoms with Crippen molar-refractivity contribution < 1.29 is 24.2 Å². The number of carboxylic acid groups (broad SMARTS) is 1. The number of likely N-dealkylation sites (tertiary alicyclic amines) is 1. The van der Waals surface area contributed by atoms with E-state index in [4.69, 9.17) is 4.74 Å². The van der Waals surface area contributed by atoms with Gasteiger partial charge in [0.05, 0.1) is 17.9 Å². The summed E-state index contributed by atoms with van der Waals surface area (Å²) in [5.74, 6) is 0.223. The Bertz CT molecular complexity index is 1080. The number of nitrogens with zero attached hydrogens (tertiary/aromatic N) is 1. The van der Waals surface area contributed by atoms with E-state index in [1.54, 1.807) is 4.90 Å². The molecule has 2 aromatic carbocycles. The zero-order valence-electron chi connectivity index (χ0n) is 19.6. The molecule has 2 N–H and O–H groups in total. The van der Waals surface area contributed by atoms with Gasteiger partial charge in [-0.3, -0.25) is 9.59 Å². The first kappa shape index (κ1) is 23.7. The van der Waals surface area contributed by atoms with Crippen molar-refractivity contribution in [1.82, 2.24) is 10.2 Å². The lowest BCUT2D eigenvalue weighted by Gasteiger charge is -2.38. The first-order chi connectivity index (χ1) is 17.0. The number of rotatable bonds is 6. The van der Waals surface area contributed by atoms with Gasteiger partial charge in [-0.1, -0.05) is 48.5 Å². The van der Waals surface area contributed by atoms with Gasteiger partial charge in [-0.05, 0) is 53.0 Å². The Morgan fingerprint density at radius 1 is 1.03 bits per heavy atom. The van der Waals surface area contributed by atoms with Crippen LogP contribution in [0.5, 0.6) is 0 Å². The second-order valence-corrected chi connectivity index (χ2v) is 10.9. The minimum atomic E-state index is -0.860. The van der Waals surface area contributed by atoms with Crippen LogP contribution in [-0.4, -0.2) is 64.7 Å². The quantitative estimate of drug-likeness (QED) is 0.627. The van der Waals surface area contributed by atoms with Crippen LogP contribution in [0.2, 0.25) is 0 Å². The van der Waals surface area contributed by atoms with Gasteiger partial charge in [0.2, 0.25) is 5.91 Å². The molecule has 184 valence electrons.